The van der Waals surface area contributed by atoms with Crippen LogP contribution in [0.15, 0.2) is 53.4 Å². The van der Waals surface area contributed by atoms with Crippen molar-refractivity contribution in [3.63, 3.8) is 0 Å². The van der Waals surface area contributed by atoms with Gasteiger partial charge in [0, 0.05) is 17.9 Å². The number of benzene rings is 2. The summed E-state index contributed by atoms with van der Waals surface area (Å²) in [6, 6.07) is 14.1. The average Bonchev–Trinajstić information content (AvgIpc) is 2.69. The molecule has 1 unspecified atom stereocenters. The van der Waals surface area contributed by atoms with E-state index in [9.17, 15) is 19.5 Å². The summed E-state index contributed by atoms with van der Waals surface area (Å²) in [5, 5.41) is 9.62. The SMILES string of the molecule is O=C(O)C1Cc2ccccc2CN1C(=O)CN1C(=O)CSc2ccccc21. The number of hydrogen-bond donors (Lipinski definition) is 1. The van der Waals surface area contributed by atoms with Crippen molar-refractivity contribution in [3.8, 4) is 0 Å². The van der Waals surface area contributed by atoms with Gasteiger partial charge < -0.3 is 14.9 Å². The molecular formula is C20H18N2O4S. The third kappa shape index (κ3) is 3.30. The van der Waals surface area contributed by atoms with Crippen LogP contribution in [0.5, 0.6) is 0 Å². The first kappa shape index (κ1) is 17.6. The van der Waals surface area contributed by atoms with Gasteiger partial charge in [0.2, 0.25) is 11.8 Å². The van der Waals surface area contributed by atoms with Crippen molar-refractivity contribution in [2.24, 2.45) is 0 Å². The Morgan fingerprint density at radius 1 is 1.07 bits per heavy atom. The van der Waals surface area contributed by atoms with Crippen molar-refractivity contribution in [1.82, 2.24) is 4.90 Å². The van der Waals surface area contributed by atoms with E-state index < -0.39 is 12.0 Å². The highest BCUT2D eigenvalue weighted by Crippen LogP contribution is 2.35. The van der Waals surface area contributed by atoms with Gasteiger partial charge in [0.25, 0.3) is 0 Å². The van der Waals surface area contributed by atoms with Gasteiger partial charge >= 0.3 is 5.97 Å². The molecule has 27 heavy (non-hydrogen) atoms. The van der Waals surface area contributed by atoms with Crippen LogP contribution in [0.3, 0.4) is 0 Å². The van der Waals surface area contributed by atoms with E-state index in [4.69, 9.17) is 0 Å². The first-order valence-corrected chi connectivity index (χ1v) is 9.64. The maximum absolute atomic E-state index is 13.0. The smallest absolute Gasteiger partial charge is 0.326 e. The molecule has 138 valence electrons. The van der Waals surface area contributed by atoms with Gasteiger partial charge in [-0.05, 0) is 23.3 Å². The summed E-state index contributed by atoms with van der Waals surface area (Å²) in [6.07, 6.45) is 0.275. The first-order chi connectivity index (χ1) is 13.0. The van der Waals surface area contributed by atoms with Gasteiger partial charge in [0.1, 0.15) is 12.6 Å². The van der Waals surface area contributed by atoms with E-state index in [1.54, 1.807) is 0 Å². The number of amides is 2. The second kappa shape index (κ2) is 7.08. The zero-order chi connectivity index (χ0) is 19.0. The summed E-state index contributed by atoms with van der Waals surface area (Å²) in [5.41, 5.74) is 2.60. The molecular weight excluding hydrogens is 364 g/mol. The largest absolute Gasteiger partial charge is 0.480 e. The Hall–Kier alpha value is -2.80. The van der Waals surface area contributed by atoms with E-state index in [0.717, 1.165) is 16.0 Å². The fourth-order valence-electron chi connectivity index (χ4n) is 3.56. The Morgan fingerprint density at radius 2 is 1.78 bits per heavy atom. The second-order valence-corrected chi connectivity index (χ2v) is 7.60. The number of hydrogen-bond acceptors (Lipinski definition) is 4. The number of fused-ring (bicyclic) bond motifs is 2. The van der Waals surface area contributed by atoms with Crippen LogP contribution in [-0.4, -0.2) is 46.1 Å². The molecule has 1 atom stereocenters. The van der Waals surface area contributed by atoms with Gasteiger partial charge in [-0.1, -0.05) is 36.4 Å². The summed E-state index contributed by atoms with van der Waals surface area (Å²) >= 11 is 1.45. The fraction of sp³-hybridized carbons (Fsp3) is 0.250. The van der Waals surface area contributed by atoms with E-state index in [1.807, 2.05) is 48.5 Å². The number of carbonyl (C=O) groups excluding carboxylic acids is 2. The fourth-order valence-corrected chi connectivity index (χ4v) is 4.49. The standard InChI is InChI=1S/C20H18N2O4S/c23-18(11-22-15-7-3-4-8-17(15)27-12-19(22)24)21-10-14-6-2-1-5-13(14)9-16(21)20(25)26/h1-8,16H,9-12H2,(H,25,26). The molecule has 2 aromatic rings. The van der Waals surface area contributed by atoms with Crippen LogP contribution < -0.4 is 4.90 Å². The Kier molecular flexibility index (Phi) is 4.61. The lowest BCUT2D eigenvalue weighted by Crippen LogP contribution is -2.53. The van der Waals surface area contributed by atoms with E-state index in [0.29, 0.717) is 5.69 Å². The number of carboxylic acid groups (broad SMARTS) is 1. The summed E-state index contributed by atoms with van der Waals surface area (Å²) in [6.45, 7) is 0.0900. The van der Waals surface area contributed by atoms with Crippen molar-refractivity contribution < 1.29 is 19.5 Å². The average molecular weight is 382 g/mol. The number of thioether (sulfide) groups is 1. The predicted molar refractivity (Wildman–Crippen MR) is 102 cm³/mol. The number of carboxylic acids is 1. The second-order valence-electron chi connectivity index (χ2n) is 6.58. The van der Waals surface area contributed by atoms with E-state index >= 15 is 0 Å². The molecule has 7 heteroatoms. The molecule has 0 radical (unpaired) electrons. The molecule has 0 saturated carbocycles. The van der Waals surface area contributed by atoms with Crippen LogP contribution in [0.1, 0.15) is 11.1 Å². The molecule has 2 heterocycles. The summed E-state index contributed by atoms with van der Waals surface area (Å²) in [5.74, 6) is -1.25. The van der Waals surface area contributed by atoms with E-state index in [2.05, 4.69) is 0 Å². The van der Waals surface area contributed by atoms with Crippen molar-refractivity contribution in [3.05, 3.63) is 59.7 Å². The maximum Gasteiger partial charge on any atom is 0.326 e. The van der Waals surface area contributed by atoms with E-state index in [-0.39, 0.29) is 37.1 Å². The number of rotatable bonds is 3. The van der Waals surface area contributed by atoms with Gasteiger partial charge in [0.15, 0.2) is 0 Å². The quantitative estimate of drug-likeness (QED) is 0.880. The Bertz CT molecular complexity index is 930. The van der Waals surface area contributed by atoms with Crippen LogP contribution in [0.4, 0.5) is 5.69 Å². The first-order valence-electron chi connectivity index (χ1n) is 8.66. The Labute approximate surface area is 160 Å². The molecule has 0 fully saturated rings. The number of anilines is 1. The number of nitrogens with zero attached hydrogens (tertiary/aromatic N) is 2. The van der Waals surface area contributed by atoms with Crippen molar-refractivity contribution in [1.29, 1.82) is 0 Å². The lowest BCUT2D eigenvalue weighted by atomic mass is 9.94. The molecule has 2 amide bonds. The minimum Gasteiger partial charge on any atom is -0.480 e. The molecule has 4 rings (SSSR count). The molecule has 6 nitrogen and oxygen atoms in total. The zero-order valence-corrected chi connectivity index (χ0v) is 15.3. The molecule has 2 aliphatic heterocycles. The molecule has 0 spiro atoms. The van der Waals surface area contributed by atoms with Gasteiger partial charge in [-0.3, -0.25) is 9.59 Å². The van der Waals surface area contributed by atoms with Crippen LogP contribution in [0, 0.1) is 0 Å². The lowest BCUT2D eigenvalue weighted by molar-refractivity contribution is -0.150. The lowest BCUT2D eigenvalue weighted by Gasteiger charge is -2.36. The normalized spacial score (nSPS) is 18.7. The number of aliphatic carboxylic acids is 1. The third-order valence-corrected chi connectivity index (χ3v) is 6.00. The van der Waals surface area contributed by atoms with Crippen LogP contribution >= 0.6 is 11.8 Å². The minimum absolute atomic E-state index is 0.142. The highest BCUT2D eigenvalue weighted by Gasteiger charge is 2.36. The van der Waals surface area contributed by atoms with E-state index in [1.165, 1.54) is 21.6 Å². The molecule has 2 aliphatic rings. The maximum atomic E-state index is 13.0. The summed E-state index contributed by atoms with van der Waals surface area (Å²) in [7, 11) is 0. The molecule has 0 saturated heterocycles. The predicted octanol–water partition coefficient (Wildman–Crippen LogP) is 2.16. The molecule has 1 N–H and O–H groups in total. The molecule has 0 aliphatic carbocycles. The highest BCUT2D eigenvalue weighted by molar-refractivity contribution is 8.00. The van der Waals surface area contributed by atoms with Crippen molar-refractivity contribution >= 4 is 35.2 Å². The number of para-hydroxylation sites is 1. The van der Waals surface area contributed by atoms with Gasteiger partial charge in [0.05, 0.1) is 11.4 Å². The summed E-state index contributed by atoms with van der Waals surface area (Å²) < 4.78 is 0. The highest BCUT2D eigenvalue weighted by atomic mass is 32.2. The van der Waals surface area contributed by atoms with Crippen LogP contribution in [0.2, 0.25) is 0 Å². The third-order valence-electron chi connectivity index (χ3n) is 4.96. The van der Waals surface area contributed by atoms with Gasteiger partial charge in [-0.25, -0.2) is 4.79 Å². The Balaban J connectivity index is 1.60. The topological polar surface area (TPSA) is 77.9 Å². The number of carbonyl (C=O) groups is 3. The zero-order valence-electron chi connectivity index (χ0n) is 14.5. The van der Waals surface area contributed by atoms with Crippen LogP contribution in [-0.2, 0) is 27.3 Å². The monoisotopic (exact) mass is 382 g/mol. The van der Waals surface area contributed by atoms with Gasteiger partial charge in [-0.2, -0.15) is 0 Å². The molecule has 0 bridgehead atoms. The van der Waals surface area contributed by atoms with Crippen molar-refractivity contribution in [2.75, 3.05) is 17.2 Å². The van der Waals surface area contributed by atoms with Gasteiger partial charge in [-0.15, -0.1) is 11.8 Å². The summed E-state index contributed by atoms with van der Waals surface area (Å²) in [4.78, 5) is 41.0. The molecule has 2 aromatic carbocycles. The van der Waals surface area contributed by atoms with Crippen molar-refractivity contribution in [2.45, 2.75) is 23.9 Å². The van der Waals surface area contributed by atoms with Crippen LogP contribution in [0.25, 0.3) is 0 Å². The molecule has 0 aromatic heterocycles. The minimum atomic E-state index is -1.03. The Morgan fingerprint density at radius 3 is 2.56 bits per heavy atom.